The Labute approximate surface area is 137 Å². The molecule has 0 aliphatic carbocycles. The predicted molar refractivity (Wildman–Crippen MR) is 82.6 cm³/mol. The molecule has 11 nitrogen and oxygen atoms in total. The molecule has 2 aromatic heterocycles. The number of methoxy groups -OCH3 is 1. The molecule has 130 valence electrons. The first-order chi connectivity index (χ1) is 11.5. The van der Waals surface area contributed by atoms with Crippen LogP contribution in [-0.2, 0) is 16.3 Å². The van der Waals surface area contributed by atoms with Crippen LogP contribution in [0, 0.1) is 10.1 Å². The first-order valence-corrected chi connectivity index (χ1v) is 7.14. The van der Waals surface area contributed by atoms with Gasteiger partial charge in [-0.1, -0.05) is 0 Å². The van der Waals surface area contributed by atoms with Gasteiger partial charge in [0.1, 0.15) is 19.0 Å². The van der Waals surface area contributed by atoms with Crippen LogP contribution in [0.5, 0.6) is 5.88 Å². The zero-order valence-electron chi connectivity index (χ0n) is 13.5. The lowest BCUT2D eigenvalue weighted by molar-refractivity contribution is -0.385. The zero-order chi connectivity index (χ0) is 17.7. The number of nitro groups is 1. The Morgan fingerprint density at radius 3 is 2.83 bits per heavy atom. The number of ether oxygens (including phenoxy) is 2. The maximum atomic E-state index is 12.3. The number of carbonyl (C=O) groups is 1. The lowest BCUT2D eigenvalue weighted by Crippen LogP contribution is -2.23. The number of amides is 1. The summed E-state index contributed by atoms with van der Waals surface area (Å²) in [6, 6.07) is -0.775. The Morgan fingerprint density at radius 2 is 2.25 bits per heavy atom. The fourth-order valence-corrected chi connectivity index (χ4v) is 1.88. The normalized spacial score (nSPS) is 12.0. The van der Waals surface area contributed by atoms with Gasteiger partial charge in [-0.25, -0.2) is 9.36 Å². The maximum absolute atomic E-state index is 12.3. The summed E-state index contributed by atoms with van der Waals surface area (Å²) in [5, 5.41) is 21.5. The van der Waals surface area contributed by atoms with Crippen LogP contribution in [0.25, 0.3) is 0 Å². The van der Waals surface area contributed by atoms with Crippen LogP contribution < -0.4 is 10.1 Å². The third-order valence-electron chi connectivity index (χ3n) is 3.17. The van der Waals surface area contributed by atoms with Crippen molar-refractivity contribution in [3.8, 4) is 5.88 Å². The Morgan fingerprint density at radius 1 is 1.50 bits per heavy atom. The molecule has 0 aromatic carbocycles. The summed E-state index contributed by atoms with van der Waals surface area (Å²) in [7, 11) is 1.27. The van der Waals surface area contributed by atoms with E-state index in [4.69, 9.17) is 9.47 Å². The molecule has 24 heavy (non-hydrogen) atoms. The van der Waals surface area contributed by atoms with E-state index in [-0.39, 0.29) is 18.3 Å². The summed E-state index contributed by atoms with van der Waals surface area (Å²) in [6.07, 6.45) is 4.25. The molecule has 11 heteroatoms. The van der Waals surface area contributed by atoms with Crippen molar-refractivity contribution in [3.63, 3.8) is 0 Å². The van der Waals surface area contributed by atoms with Crippen LogP contribution >= 0.6 is 0 Å². The topological polar surface area (TPSA) is 126 Å². The number of rotatable bonds is 8. The first-order valence-electron chi connectivity index (χ1n) is 7.14. The highest BCUT2D eigenvalue weighted by Gasteiger charge is 2.25. The van der Waals surface area contributed by atoms with E-state index in [1.807, 2.05) is 6.92 Å². The zero-order valence-corrected chi connectivity index (χ0v) is 13.5. The molecular weight excluding hydrogens is 320 g/mol. The minimum absolute atomic E-state index is 0.149. The van der Waals surface area contributed by atoms with Gasteiger partial charge in [-0.15, -0.1) is 5.10 Å². The van der Waals surface area contributed by atoms with Gasteiger partial charge in [-0.05, 0) is 13.8 Å². The van der Waals surface area contributed by atoms with E-state index in [0.717, 1.165) is 6.20 Å². The lowest BCUT2D eigenvalue weighted by Gasteiger charge is -2.10. The van der Waals surface area contributed by atoms with E-state index in [1.54, 1.807) is 13.1 Å². The average molecular weight is 338 g/mol. The van der Waals surface area contributed by atoms with Crippen molar-refractivity contribution >= 4 is 17.3 Å². The summed E-state index contributed by atoms with van der Waals surface area (Å²) in [5.41, 5.74) is 0.182. The van der Waals surface area contributed by atoms with Crippen LogP contribution in [0.1, 0.15) is 19.9 Å². The predicted octanol–water partition coefficient (Wildman–Crippen LogP) is 1.19. The minimum Gasteiger partial charge on any atom is -0.475 e. The first kappa shape index (κ1) is 17.4. The van der Waals surface area contributed by atoms with Crippen molar-refractivity contribution in [2.45, 2.75) is 26.6 Å². The summed E-state index contributed by atoms with van der Waals surface area (Å²) in [6.45, 7) is 4.27. The number of hydrogen-bond acceptors (Lipinski definition) is 7. The van der Waals surface area contributed by atoms with Crippen LogP contribution in [0.15, 0.2) is 18.6 Å². The van der Waals surface area contributed by atoms with Gasteiger partial charge in [0.25, 0.3) is 0 Å². The molecule has 0 aliphatic rings. The van der Waals surface area contributed by atoms with E-state index in [2.05, 4.69) is 15.5 Å². The molecule has 2 aromatic rings. The van der Waals surface area contributed by atoms with Gasteiger partial charge in [-0.2, -0.15) is 5.10 Å². The van der Waals surface area contributed by atoms with E-state index in [1.165, 1.54) is 22.7 Å². The second kappa shape index (κ2) is 7.55. The van der Waals surface area contributed by atoms with Gasteiger partial charge >= 0.3 is 11.6 Å². The van der Waals surface area contributed by atoms with Crippen molar-refractivity contribution in [2.75, 3.05) is 19.0 Å². The Hall–Kier alpha value is -2.95. The number of aromatic nitrogens is 4. The molecule has 0 radical (unpaired) electrons. The molecule has 0 bridgehead atoms. The summed E-state index contributed by atoms with van der Waals surface area (Å²) in [5.74, 6) is -0.546. The molecule has 1 unspecified atom stereocenters. The molecule has 2 heterocycles. The molecule has 0 saturated carbocycles. The van der Waals surface area contributed by atoms with E-state index >= 15 is 0 Å². The van der Waals surface area contributed by atoms with Gasteiger partial charge in [-0.3, -0.25) is 14.9 Å². The van der Waals surface area contributed by atoms with Gasteiger partial charge in [0, 0.05) is 6.61 Å². The fourth-order valence-electron chi connectivity index (χ4n) is 1.88. The second-order valence-corrected chi connectivity index (χ2v) is 4.82. The summed E-state index contributed by atoms with van der Waals surface area (Å²) in [4.78, 5) is 22.6. The quantitative estimate of drug-likeness (QED) is 0.566. The van der Waals surface area contributed by atoms with Crippen molar-refractivity contribution in [1.82, 2.24) is 19.6 Å². The molecule has 1 N–H and O–H groups in total. The number of nitrogens with zero attached hydrogens (tertiary/aromatic N) is 5. The molecule has 0 fully saturated rings. The number of nitrogens with one attached hydrogen (secondary N) is 1. The van der Waals surface area contributed by atoms with E-state index in [9.17, 15) is 14.9 Å². The fraction of sp³-hybridized carbons (Fsp3) is 0.462. The molecule has 2 rings (SSSR count). The van der Waals surface area contributed by atoms with Crippen LogP contribution in [0.2, 0.25) is 0 Å². The highest BCUT2D eigenvalue weighted by atomic mass is 16.6. The lowest BCUT2D eigenvalue weighted by atomic mass is 10.3. The van der Waals surface area contributed by atoms with Crippen LogP contribution in [0.4, 0.5) is 11.4 Å². The number of carbonyl (C=O) groups excluding carboxylic acids is 1. The smallest absolute Gasteiger partial charge is 0.350 e. The van der Waals surface area contributed by atoms with Crippen molar-refractivity contribution in [1.29, 1.82) is 0 Å². The maximum Gasteiger partial charge on any atom is 0.350 e. The van der Waals surface area contributed by atoms with E-state index < -0.39 is 16.9 Å². The van der Waals surface area contributed by atoms with Crippen LogP contribution in [0.3, 0.4) is 0 Å². The molecular formula is C13H18N6O5. The molecule has 1 amide bonds. The molecule has 0 spiro atoms. The summed E-state index contributed by atoms with van der Waals surface area (Å²) >= 11 is 0. The summed E-state index contributed by atoms with van der Waals surface area (Å²) < 4.78 is 12.8. The molecule has 0 saturated heterocycles. The largest absolute Gasteiger partial charge is 0.475 e. The number of hydrogen-bond donors (Lipinski definition) is 1. The van der Waals surface area contributed by atoms with Crippen molar-refractivity contribution < 1.29 is 19.2 Å². The Balaban J connectivity index is 2.06. The Kier molecular flexibility index (Phi) is 5.47. The Bertz CT molecular complexity index is 724. The highest BCUT2D eigenvalue weighted by Crippen LogP contribution is 2.26. The average Bonchev–Trinajstić information content (AvgIpc) is 3.18. The van der Waals surface area contributed by atoms with Gasteiger partial charge in [0.15, 0.2) is 0 Å². The van der Waals surface area contributed by atoms with Gasteiger partial charge in [0.2, 0.25) is 5.91 Å². The SMILES string of the molecule is CCOCn1cc(NC(=O)C(C)n2cc([N+](=O)[O-])c(OC)n2)cn1. The minimum atomic E-state index is -0.775. The van der Waals surface area contributed by atoms with Gasteiger partial charge in [0.05, 0.1) is 30.1 Å². The third-order valence-corrected chi connectivity index (χ3v) is 3.17. The highest BCUT2D eigenvalue weighted by molar-refractivity contribution is 5.93. The number of anilines is 1. The second-order valence-electron chi connectivity index (χ2n) is 4.82. The standard InChI is InChI=1S/C13H18N6O5/c1-4-24-8-17-6-10(5-14-17)15-12(20)9(2)18-7-11(19(21)22)13(16-18)23-3/h5-7,9H,4,8H2,1-3H3,(H,15,20). The van der Waals surface area contributed by atoms with E-state index in [0.29, 0.717) is 12.3 Å². The molecule has 0 aliphatic heterocycles. The van der Waals surface area contributed by atoms with Crippen molar-refractivity contribution in [2.24, 2.45) is 0 Å². The van der Waals surface area contributed by atoms with Crippen LogP contribution in [-0.4, -0.2) is 44.1 Å². The van der Waals surface area contributed by atoms with Crippen molar-refractivity contribution in [3.05, 3.63) is 28.7 Å². The third kappa shape index (κ3) is 3.87. The monoisotopic (exact) mass is 338 g/mol. The molecule has 1 atom stereocenters. The van der Waals surface area contributed by atoms with Gasteiger partial charge < -0.3 is 14.8 Å².